The van der Waals surface area contributed by atoms with Crippen molar-refractivity contribution in [3.8, 4) is 5.75 Å². The molecule has 0 unspecified atom stereocenters. The first-order valence-electron chi connectivity index (χ1n) is 5.36. The van der Waals surface area contributed by atoms with Gasteiger partial charge in [-0.05, 0) is 37.9 Å². The maximum Gasteiger partial charge on any atom is 0.328 e. The largest absolute Gasteiger partial charge is 0.492 e. The molecule has 1 N–H and O–H groups in total. The average Bonchev–Trinajstić information content (AvgIpc) is 2.27. The molecule has 0 radical (unpaired) electrons. The Morgan fingerprint density at radius 1 is 1.35 bits per heavy atom. The molecule has 1 aromatic rings. The summed E-state index contributed by atoms with van der Waals surface area (Å²) in [7, 11) is 3.98. The second kappa shape index (κ2) is 6.70. The van der Waals surface area contributed by atoms with Crippen molar-refractivity contribution in [1.82, 2.24) is 4.90 Å². The number of ether oxygens (including phenoxy) is 1. The Morgan fingerprint density at radius 2 is 2.00 bits per heavy atom. The van der Waals surface area contributed by atoms with Crippen LogP contribution < -0.4 is 4.74 Å². The van der Waals surface area contributed by atoms with Crippen LogP contribution in [0.15, 0.2) is 30.3 Å². The molecule has 0 heterocycles. The first-order chi connectivity index (χ1) is 8.08. The fraction of sp³-hybridized carbons (Fsp3) is 0.308. The quantitative estimate of drug-likeness (QED) is 0.763. The number of likely N-dealkylation sites (N-methyl/N-ethyl adjacent to an activating group) is 1. The van der Waals surface area contributed by atoms with E-state index in [1.165, 1.54) is 0 Å². The van der Waals surface area contributed by atoms with Gasteiger partial charge < -0.3 is 14.7 Å². The number of aliphatic carboxylic acids is 1. The molecule has 0 saturated heterocycles. The summed E-state index contributed by atoms with van der Waals surface area (Å²) in [6.07, 6.45) is 2.66. The lowest BCUT2D eigenvalue weighted by molar-refractivity contribution is -0.131. The van der Waals surface area contributed by atoms with E-state index >= 15 is 0 Å². The van der Waals surface area contributed by atoms with Crippen LogP contribution in [0.3, 0.4) is 0 Å². The van der Waals surface area contributed by atoms with Gasteiger partial charge in [0, 0.05) is 12.6 Å². The Hall–Kier alpha value is -1.81. The Morgan fingerprint density at radius 3 is 2.53 bits per heavy atom. The molecule has 0 aliphatic heterocycles. The zero-order valence-electron chi connectivity index (χ0n) is 10.1. The van der Waals surface area contributed by atoms with E-state index in [-0.39, 0.29) is 0 Å². The highest BCUT2D eigenvalue weighted by molar-refractivity contribution is 5.85. The minimum Gasteiger partial charge on any atom is -0.492 e. The highest BCUT2D eigenvalue weighted by Crippen LogP contribution is 2.13. The van der Waals surface area contributed by atoms with Crippen LogP contribution in [0.2, 0.25) is 0 Å². The van der Waals surface area contributed by atoms with Crippen LogP contribution in [0.1, 0.15) is 5.56 Å². The first kappa shape index (κ1) is 13.3. The third-order valence-corrected chi connectivity index (χ3v) is 2.11. The standard InChI is InChI=1S/C13H17NO3/c1-14(2)9-10-17-12-6-3-11(4-7-12)5-8-13(15)16/h3-8H,9-10H2,1-2H3,(H,15,16)/b8-5+. The van der Waals surface area contributed by atoms with Gasteiger partial charge in [-0.3, -0.25) is 0 Å². The van der Waals surface area contributed by atoms with Gasteiger partial charge in [0.15, 0.2) is 0 Å². The van der Waals surface area contributed by atoms with E-state index in [1.54, 1.807) is 6.08 Å². The van der Waals surface area contributed by atoms with Crippen LogP contribution in [-0.2, 0) is 4.79 Å². The summed E-state index contributed by atoms with van der Waals surface area (Å²) < 4.78 is 5.52. The van der Waals surface area contributed by atoms with Gasteiger partial charge in [0.2, 0.25) is 0 Å². The molecule has 0 amide bonds. The lowest BCUT2D eigenvalue weighted by atomic mass is 10.2. The molecule has 1 aromatic carbocycles. The van der Waals surface area contributed by atoms with E-state index in [2.05, 4.69) is 0 Å². The van der Waals surface area contributed by atoms with E-state index < -0.39 is 5.97 Å². The molecule has 4 heteroatoms. The number of nitrogens with zero attached hydrogens (tertiary/aromatic N) is 1. The maximum absolute atomic E-state index is 10.3. The van der Waals surface area contributed by atoms with Crippen LogP contribution in [0.5, 0.6) is 5.75 Å². The molecule has 0 aliphatic carbocycles. The van der Waals surface area contributed by atoms with Crippen LogP contribution >= 0.6 is 0 Å². The molecule has 0 saturated carbocycles. The summed E-state index contributed by atoms with van der Waals surface area (Å²) in [4.78, 5) is 12.4. The molecule has 17 heavy (non-hydrogen) atoms. The van der Waals surface area contributed by atoms with E-state index in [1.807, 2.05) is 43.3 Å². The topological polar surface area (TPSA) is 49.8 Å². The Bertz CT molecular complexity index is 382. The van der Waals surface area contributed by atoms with Crippen LogP contribution in [0, 0.1) is 0 Å². The number of hydrogen-bond acceptors (Lipinski definition) is 3. The number of carboxylic acids is 1. The smallest absolute Gasteiger partial charge is 0.328 e. The van der Waals surface area contributed by atoms with Crippen molar-refractivity contribution in [2.24, 2.45) is 0 Å². The van der Waals surface area contributed by atoms with Gasteiger partial charge in [0.05, 0.1) is 0 Å². The second-order valence-electron chi connectivity index (χ2n) is 3.89. The number of rotatable bonds is 6. The maximum atomic E-state index is 10.3. The molecule has 4 nitrogen and oxygen atoms in total. The van der Waals surface area contributed by atoms with E-state index in [4.69, 9.17) is 9.84 Å². The molecule has 0 atom stereocenters. The number of carbonyl (C=O) groups is 1. The predicted octanol–water partition coefficient (Wildman–Crippen LogP) is 1.72. The van der Waals surface area contributed by atoms with Gasteiger partial charge in [0.1, 0.15) is 12.4 Å². The molecule has 0 spiro atoms. The van der Waals surface area contributed by atoms with E-state index in [0.29, 0.717) is 6.61 Å². The highest BCUT2D eigenvalue weighted by Gasteiger charge is 1.95. The molecular weight excluding hydrogens is 218 g/mol. The third kappa shape index (κ3) is 5.73. The minimum absolute atomic E-state index is 0.636. The molecule has 0 aliphatic rings. The fourth-order valence-corrected chi connectivity index (χ4v) is 1.19. The molecule has 0 aromatic heterocycles. The van der Waals surface area contributed by atoms with Gasteiger partial charge in [-0.1, -0.05) is 12.1 Å². The Balaban J connectivity index is 2.47. The Kier molecular flexibility index (Phi) is 5.23. The van der Waals surface area contributed by atoms with Crippen molar-refractivity contribution in [2.45, 2.75) is 0 Å². The van der Waals surface area contributed by atoms with Gasteiger partial charge in [0.25, 0.3) is 0 Å². The monoisotopic (exact) mass is 235 g/mol. The lowest BCUT2D eigenvalue weighted by Gasteiger charge is -2.10. The van der Waals surface area contributed by atoms with Gasteiger partial charge in [-0.25, -0.2) is 4.79 Å². The van der Waals surface area contributed by atoms with E-state index in [0.717, 1.165) is 23.9 Å². The van der Waals surface area contributed by atoms with E-state index in [9.17, 15) is 4.79 Å². The third-order valence-electron chi connectivity index (χ3n) is 2.11. The van der Waals surface area contributed by atoms with Crippen LogP contribution in [0.25, 0.3) is 6.08 Å². The van der Waals surface area contributed by atoms with Crippen molar-refractivity contribution in [1.29, 1.82) is 0 Å². The SMILES string of the molecule is CN(C)CCOc1ccc(/C=C/C(=O)O)cc1. The van der Waals surface area contributed by atoms with Crippen LogP contribution in [-0.4, -0.2) is 43.2 Å². The van der Waals surface area contributed by atoms with Crippen molar-refractivity contribution in [2.75, 3.05) is 27.2 Å². The minimum atomic E-state index is -0.948. The van der Waals surface area contributed by atoms with Gasteiger partial charge in [-0.15, -0.1) is 0 Å². The van der Waals surface area contributed by atoms with Crippen molar-refractivity contribution in [3.63, 3.8) is 0 Å². The number of carboxylic acid groups (broad SMARTS) is 1. The zero-order valence-corrected chi connectivity index (χ0v) is 10.1. The summed E-state index contributed by atoms with van der Waals surface area (Å²) in [5, 5.41) is 8.48. The summed E-state index contributed by atoms with van der Waals surface area (Å²) in [6, 6.07) is 7.31. The summed E-state index contributed by atoms with van der Waals surface area (Å²) in [5.74, 6) is -0.157. The predicted molar refractivity (Wildman–Crippen MR) is 67.2 cm³/mol. The van der Waals surface area contributed by atoms with Gasteiger partial charge >= 0.3 is 5.97 Å². The van der Waals surface area contributed by atoms with Crippen molar-refractivity contribution < 1.29 is 14.6 Å². The molecule has 92 valence electrons. The summed E-state index contributed by atoms with van der Waals surface area (Å²) in [5.41, 5.74) is 0.840. The average molecular weight is 235 g/mol. The number of benzene rings is 1. The van der Waals surface area contributed by atoms with Crippen molar-refractivity contribution >= 4 is 12.0 Å². The second-order valence-corrected chi connectivity index (χ2v) is 3.89. The zero-order chi connectivity index (χ0) is 12.7. The molecule has 0 bridgehead atoms. The Labute approximate surface area is 101 Å². The first-order valence-corrected chi connectivity index (χ1v) is 5.36. The van der Waals surface area contributed by atoms with Crippen molar-refractivity contribution in [3.05, 3.63) is 35.9 Å². The molecule has 1 rings (SSSR count). The molecular formula is C13H17NO3. The van der Waals surface area contributed by atoms with Gasteiger partial charge in [-0.2, -0.15) is 0 Å². The summed E-state index contributed by atoms with van der Waals surface area (Å²) >= 11 is 0. The summed E-state index contributed by atoms with van der Waals surface area (Å²) in [6.45, 7) is 1.50. The molecule has 0 fully saturated rings. The highest BCUT2D eigenvalue weighted by atomic mass is 16.5. The lowest BCUT2D eigenvalue weighted by Crippen LogP contribution is -2.19. The fourth-order valence-electron chi connectivity index (χ4n) is 1.19. The van der Waals surface area contributed by atoms with Crippen LogP contribution in [0.4, 0.5) is 0 Å². The normalized spacial score (nSPS) is 11.0. The number of hydrogen-bond donors (Lipinski definition) is 1.